The fourth-order valence-electron chi connectivity index (χ4n) is 1.44. The van der Waals surface area contributed by atoms with Gasteiger partial charge in [0, 0.05) is 6.42 Å². The van der Waals surface area contributed by atoms with E-state index < -0.39 is 17.7 Å². The molecule has 0 atom stereocenters. The lowest BCUT2D eigenvalue weighted by atomic mass is 10.1. The molecule has 0 saturated carbocycles. The summed E-state index contributed by atoms with van der Waals surface area (Å²) in [7, 11) is 2.52. The molecule has 0 aromatic heterocycles. The maximum atomic E-state index is 12.6. The molecule has 6 heteroatoms. The number of carbonyl (C=O) groups excluding carboxylic acids is 1. The zero-order chi connectivity index (χ0) is 13.8. The zero-order valence-electron chi connectivity index (χ0n) is 10.0. The maximum Gasteiger partial charge on any atom is 0.416 e. The van der Waals surface area contributed by atoms with Crippen LogP contribution >= 0.6 is 0 Å². The third kappa shape index (κ3) is 3.94. The molecule has 18 heavy (non-hydrogen) atoms. The van der Waals surface area contributed by atoms with E-state index in [1.165, 1.54) is 20.3 Å². The van der Waals surface area contributed by atoms with Gasteiger partial charge in [-0.15, -0.1) is 0 Å². The minimum Gasteiger partial charge on any atom is -0.497 e. The first kappa shape index (κ1) is 14.3. The highest BCUT2D eigenvalue weighted by atomic mass is 19.4. The molecule has 1 aromatic carbocycles. The molecule has 0 fully saturated rings. The fourth-order valence-corrected chi connectivity index (χ4v) is 1.44. The van der Waals surface area contributed by atoms with Crippen molar-refractivity contribution in [2.24, 2.45) is 0 Å². The fraction of sp³-hybridized carbons (Fsp3) is 0.417. The molecule has 100 valence electrons. The second-order valence-corrected chi connectivity index (χ2v) is 3.64. The predicted octanol–water partition coefficient (Wildman–Crippen LogP) is 2.82. The molecule has 0 aliphatic rings. The van der Waals surface area contributed by atoms with Gasteiger partial charge in [-0.3, -0.25) is 4.79 Å². The summed E-state index contributed by atoms with van der Waals surface area (Å²) >= 11 is 0. The van der Waals surface area contributed by atoms with E-state index in [0.717, 1.165) is 12.1 Å². The SMILES string of the molecule is COC(=O)CCc1cc(OC)cc(C(F)(F)F)c1. The number of benzene rings is 1. The Morgan fingerprint density at radius 1 is 1.22 bits per heavy atom. The van der Waals surface area contributed by atoms with Crippen LogP contribution < -0.4 is 4.74 Å². The minimum absolute atomic E-state index is 0.0287. The predicted molar refractivity (Wildman–Crippen MR) is 58.3 cm³/mol. The maximum absolute atomic E-state index is 12.6. The molecule has 0 unspecified atom stereocenters. The standard InChI is InChI=1S/C12H13F3O3/c1-17-10-6-8(3-4-11(16)18-2)5-9(7-10)12(13,14)15/h5-7H,3-4H2,1-2H3. The van der Waals surface area contributed by atoms with Crippen molar-refractivity contribution in [3.63, 3.8) is 0 Å². The van der Waals surface area contributed by atoms with Gasteiger partial charge in [-0.05, 0) is 30.2 Å². The van der Waals surface area contributed by atoms with Crippen LogP contribution in [0.2, 0.25) is 0 Å². The number of alkyl halides is 3. The van der Waals surface area contributed by atoms with Crippen molar-refractivity contribution in [1.29, 1.82) is 0 Å². The van der Waals surface area contributed by atoms with Crippen LogP contribution in [0.5, 0.6) is 5.75 Å². The van der Waals surface area contributed by atoms with Crippen molar-refractivity contribution in [2.75, 3.05) is 14.2 Å². The van der Waals surface area contributed by atoms with Crippen molar-refractivity contribution in [2.45, 2.75) is 19.0 Å². The summed E-state index contributed by atoms with van der Waals surface area (Å²) in [5, 5.41) is 0. The highest BCUT2D eigenvalue weighted by Crippen LogP contribution is 2.32. The van der Waals surface area contributed by atoms with E-state index in [2.05, 4.69) is 4.74 Å². The highest BCUT2D eigenvalue weighted by Gasteiger charge is 2.31. The lowest BCUT2D eigenvalue weighted by Gasteiger charge is -2.11. The Bertz CT molecular complexity index is 427. The molecule has 0 heterocycles. The van der Waals surface area contributed by atoms with Crippen LogP contribution in [0.25, 0.3) is 0 Å². The average Bonchev–Trinajstić information content (AvgIpc) is 2.34. The Kier molecular flexibility index (Phi) is 4.58. The third-order valence-electron chi connectivity index (χ3n) is 2.37. The van der Waals surface area contributed by atoms with Crippen molar-refractivity contribution in [3.05, 3.63) is 29.3 Å². The lowest BCUT2D eigenvalue weighted by molar-refractivity contribution is -0.140. The van der Waals surface area contributed by atoms with E-state index in [0.29, 0.717) is 5.56 Å². The van der Waals surface area contributed by atoms with Crippen LogP contribution in [-0.4, -0.2) is 20.2 Å². The van der Waals surface area contributed by atoms with Gasteiger partial charge in [0.1, 0.15) is 5.75 Å². The van der Waals surface area contributed by atoms with Gasteiger partial charge in [-0.25, -0.2) is 0 Å². The zero-order valence-corrected chi connectivity index (χ0v) is 10.0. The Morgan fingerprint density at radius 3 is 2.39 bits per heavy atom. The van der Waals surface area contributed by atoms with Crippen molar-refractivity contribution < 1.29 is 27.4 Å². The van der Waals surface area contributed by atoms with Gasteiger partial charge in [-0.1, -0.05) is 0 Å². The second kappa shape index (κ2) is 5.75. The monoisotopic (exact) mass is 262 g/mol. The van der Waals surface area contributed by atoms with Crippen LogP contribution in [-0.2, 0) is 22.1 Å². The van der Waals surface area contributed by atoms with Gasteiger partial charge in [0.15, 0.2) is 0 Å². The number of hydrogen-bond donors (Lipinski definition) is 0. The topological polar surface area (TPSA) is 35.5 Å². The molecule has 0 spiro atoms. The van der Waals surface area contributed by atoms with Crippen molar-refractivity contribution in [1.82, 2.24) is 0 Å². The average molecular weight is 262 g/mol. The number of methoxy groups -OCH3 is 2. The Labute approximate surface area is 103 Å². The van der Waals surface area contributed by atoms with E-state index in [4.69, 9.17) is 4.74 Å². The first-order valence-electron chi connectivity index (χ1n) is 5.18. The summed E-state index contributed by atoms with van der Waals surface area (Å²) < 4.78 is 47.0. The van der Waals surface area contributed by atoms with Crippen LogP contribution in [0.15, 0.2) is 18.2 Å². The first-order chi connectivity index (χ1) is 8.36. The number of rotatable bonds is 4. The van der Waals surface area contributed by atoms with Crippen LogP contribution in [0.4, 0.5) is 13.2 Å². The van der Waals surface area contributed by atoms with Gasteiger partial charge in [0.2, 0.25) is 0 Å². The smallest absolute Gasteiger partial charge is 0.416 e. The molecule has 1 rings (SSSR count). The molecule has 0 bridgehead atoms. The van der Waals surface area contributed by atoms with E-state index >= 15 is 0 Å². The molecular formula is C12H13F3O3. The Morgan fingerprint density at radius 2 is 1.89 bits per heavy atom. The molecule has 0 N–H and O–H groups in total. The number of esters is 1. The molecule has 0 aliphatic carbocycles. The molecule has 0 aliphatic heterocycles. The van der Waals surface area contributed by atoms with Crippen LogP contribution in [0, 0.1) is 0 Å². The van der Waals surface area contributed by atoms with Crippen LogP contribution in [0.1, 0.15) is 17.5 Å². The van der Waals surface area contributed by atoms with Crippen molar-refractivity contribution in [3.8, 4) is 5.75 Å². The summed E-state index contributed by atoms with van der Waals surface area (Å²) in [5.41, 5.74) is -0.409. The molecule has 1 aromatic rings. The Hall–Kier alpha value is -1.72. The van der Waals surface area contributed by atoms with Crippen molar-refractivity contribution >= 4 is 5.97 Å². The van der Waals surface area contributed by atoms with Gasteiger partial charge in [0.05, 0.1) is 19.8 Å². The number of halogens is 3. The quantitative estimate of drug-likeness (QED) is 0.783. The van der Waals surface area contributed by atoms with E-state index in [1.54, 1.807) is 0 Å². The highest BCUT2D eigenvalue weighted by molar-refractivity contribution is 5.69. The first-order valence-corrected chi connectivity index (χ1v) is 5.18. The number of carbonyl (C=O) groups is 1. The summed E-state index contributed by atoms with van der Waals surface area (Å²) in [5.74, 6) is -0.351. The summed E-state index contributed by atoms with van der Waals surface area (Å²) in [6.07, 6.45) is -4.23. The molecule has 3 nitrogen and oxygen atoms in total. The largest absolute Gasteiger partial charge is 0.497 e. The Balaban J connectivity index is 2.94. The minimum atomic E-state index is -4.44. The second-order valence-electron chi connectivity index (χ2n) is 3.64. The van der Waals surface area contributed by atoms with Gasteiger partial charge >= 0.3 is 12.1 Å². The summed E-state index contributed by atoms with van der Waals surface area (Å²) in [6.45, 7) is 0. The molecule has 0 saturated heterocycles. The van der Waals surface area contributed by atoms with E-state index in [-0.39, 0.29) is 18.6 Å². The van der Waals surface area contributed by atoms with Gasteiger partial charge < -0.3 is 9.47 Å². The van der Waals surface area contributed by atoms with E-state index in [9.17, 15) is 18.0 Å². The summed E-state index contributed by atoms with van der Waals surface area (Å²) in [6, 6.07) is 3.39. The number of hydrogen-bond acceptors (Lipinski definition) is 3. The molecule has 0 radical (unpaired) electrons. The molecule has 0 amide bonds. The molecular weight excluding hydrogens is 249 g/mol. The number of ether oxygens (including phenoxy) is 2. The third-order valence-corrected chi connectivity index (χ3v) is 2.37. The van der Waals surface area contributed by atoms with Gasteiger partial charge in [-0.2, -0.15) is 13.2 Å². The summed E-state index contributed by atoms with van der Waals surface area (Å²) in [4.78, 5) is 10.9. The van der Waals surface area contributed by atoms with Crippen LogP contribution in [0.3, 0.4) is 0 Å². The normalized spacial score (nSPS) is 11.2. The van der Waals surface area contributed by atoms with E-state index in [1.807, 2.05) is 0 Å². The van der Waals surface area contributed by atoms with Gasteiger partial charge in [0.25, 0.3) is 0 Å². The lowest BCUT2D eigenvalue weighted by Crippen LogP contribution is -2.07. The number of aryl methyl sites for hydroxylation is 1.